The molecule has 0 fully saturated rings. The molecule has 3 aromatic rings. The summed E-state index contributed by atoms with van der Waals surface area (Å²) in [7, 11) is -2.83. The van der Waals surface area contributed by atoms with Crippen molar-refractivity contribution in [2.24, 2.45) is 0 Å². The number of anilines is 1. The van der Waals surface area contributed by atoms with Crippen molar-refractivity contribution < 1.29 is 27.9 Å². The number of hydrogen-bond donors (Lipinski definition) is 2. The van der Waals surface area contributed by atoms with Gasteiger partial charge in [0, 0.05) is 31.5 Å². The molecule has 1 aliphatic rings. The fourth-order valence-corrected chi connectivity index (χ4v) is 5.12. The van der Waals surface area contributed by atoms with Gasteiger partial charge in [-0.2, -0.15) is 0 Å². The Bertz CT molecular complexity index is 1370. The average molecular weight is 481 g/mol. The first-order chi connectivity index (χ1) is 16.2. The van der Waals surface area contributed by atoms with Crippen molar-refractivity contribution in [2.45, 2.75) is 18.0 Å². The van der Waals surface area contributed by atoms with Crippen molar-refractivity contribution in [2.75, 3.05) is 11.9 Å². The maximum atomic E-state index is 13.3. The van der Waals surface area contributed by atoms with Crippen LogP contribution >= 0.6 is 0 Å². The van der Waals surface area contributed by atoms with Gasteiger partial charge in [0.05, 0.1) is 17.8 Å². The molecule has 0 aliphatic carbocycles. The number of carboxylic acids is 1. The Hall–Kier alpha value is -4.25. The number of amides is 3. The molecule has 0 radical (unpaired) electrons. The molecule has 1 aliphatic heterocycles. The highest BCUT2D eigenvalue weighted by atomic mass is 32.2. The maximum absolute atomic E-state index is 13.3. The molecule has 0 spiro atoms. The van der Waals surface area contributed by atoms with E-state index in [1.54, 1.807) is 24.5 Å². The second-order valence-corrected chi connectivity index (χ2v) is 9.41. The van der Waals surface area contributed by atoms with E-state index in [4.69, 9.17) is 5.11 Å². The van der Waals surface area contributed by atoms with Crippen LogP contribution in [-0.2, 0) is 23.1 Å². The first-order valence-electron chi connectivity index (χ1n) is 10.1. The molecule has 2 aromatic carbocycles. The molecule has 2 heterocycles. The summed E-state index contributed by atoms with van der Waals surface area (Å²) in [6.07, 6.45) is 3.22. The lowest BCUT2D eigenvalue weighted by molar-refractivity contribution is 0.0696. The van der Waals surface area contributed by atoms with Crippen molar-refractivity contribution in [3.8, 4) is 0 Å². The topological polar surface area (TPSA) is 137 Å². The van der Waals surface area contributed by atoms with Gasteiger partial charge in [-0.3, -0.25) is 14.7 Å². The molecule has 2 N–H and O–H groups in total. The maximum Gasteiger partial charge on any atom is 0.338 e. The average Bonchev–Trinajstić information content (AvgIpc) is 2.84. The number of carboxylic acid groups (broad SMARTS) is 1. The molecule has 0 atom stereocenters. The Morgan fingerprint density at radius 1 is 1.03 bits per heavy atom. The number of carbonyl (C=O) groups excluding carboxylic acids is 2. The number of carbonyl (C=O) groups is 3. The summed E-state index contributed by atoms with van der Waals surface area (Å²) >= 11 is 0. The fraction of sp³-hybridized carbons (Fsp3) is 0.130. The van der Waals surface area contributed by atoms with Crippen LogP contribution in [0.15, 0.2) is 71.9 Å². The van der Waals surface area contributed by atoms with E-state index < -0.39 is 27.9 Å². The van der Waals surface area contributed by atoms with E-state index >= 15 is 0 Å². The second-order valence-electron chi connectivity index (χ2n) is 7.58. The predicted molar refractivity (Wildman–Crippen MR) is 122 cm³/mol. The Morgan fingerprint density at radius 2 is 1.74 bits per heavy atom. The molecule has 34 heavy (non-hydrogen) atoms. The third-order valence-electron chi connectivity index (χ3n) is 5.35. The second kappa shape index (κ2) is 8.94. The highest BCUT2D eigenvalue weighted by Crippen LogP contribution is 2.35. The number of fused-ring (bicyclic) bond motifs is 1. The smallest absolute Gasteiger partial charge is 0.338 e. The van der Waals surface area contributed by atoms with Gasteiger partial charge in [0.1, 0.15) is 4.90 Å². The number of hydrogen-bond acceptors (Lipinski definition) is 6. The number of nitrogens with one attached hydrogen (secondary N) is 1. The molecule has 0 unspecified atom stereocenters. The fourth-order valence-electron chi connectivity index (χ4n) is 3.49. The standard InChI is InChI=1S/C23H20N4O6S/c1-26-19-9-8-18(21(28)25-13-16-3-2-10-24-12-16)11-20(19)34(32,33)27(23(26)31)14-15-4-6-17(7-5-15)22(29)30/h2-12H,13-14H2,1H3,(H,25,28)(H,29,30). The van der Waals surface area contributed by atoms with Crippen molar-refractivity contribution >= 4 is 33.6 Å². The van der Waals surface area contributed by atoms with Crippen molar-refractivity contribution in [1.29, 1.82) is 0 Å². The minimum absolute atomic E-state index is 0.0426. The molecule has 10 nitrogen and oxygen atoms in total. The number of sulfonamides is 1. The lowest BCUT2D eigenvalue weighted by Gasteiger charge is -2.34. The summed E-state index contributed by atoms with van der Waals surface area (Å²) in [6, 6.07) is 12.5. The van der Waals surface area contributed by atoms with Crippen LogP contribution in [-0.4, -0.2) is 47.8 Å². The minimum atomic E-state index is -4.28. The Labute approximate surface area is 195 Å². The molecule has 0 saturated carbocycles. The zero-order valence-corrected chi connectivity index (χ0v) is 18.8. The molecule has 4 rings (SSSR count). The van der Waals surface area contributed by atoms with Crippen LogP contribution in [0.3, 0.4) is 0 Å². The van der Waals surface area contributed by atoms with Crippen LogP contribution in [0.5, 0.6) is 0 Å². The minimum Gasteiger partial charge on any atom is -0.478 e. The summed E-state index contributed by atoms with van der Waals surface area (Å²) < 4.78 is 27.4. The summed E-state index contributed by atoms with van der Waals surface area (Å²) in [6.45, 7) is -0.0738. The van der Waals surface area contributed by atoms with Gasteiger partial charge in [-0.05, 0) is 47.5 Å². The summed E-state index contributed by atoms with van der Waals surface area (Å²) in [4.78, 5) is 41.6. The number of rotatable bonds is 6. The monoisotopic (exact) mass is 480 g/mol. The van der Waals surface area contributed by atoms with E-state index in [1.807, 2.05) is 0 Å². The molecule has 0 saturated heterocycles. The molecule has 0 bridgehead atoms. The molecule has 1 aromatic heterocycles. The zero-order chi connectivity index (χ0) is 24.5. The highest BCUT2D eigenvalue weighted by Gasteiger charge is 2.40. The van der Waals surface area contributed by atoms with Gasteiger partial charge in [-0.15, -0.1) is 0 Å². The van der Waals surface area contributed by atoms with Crippen molar-refractivity contribution in [1.82, 2.24) is 14.6 Å². The SMILES string of the molecule is CN1C(=O)N(Cc2ccc(C(=O)O)cc2)S(=O)(=O)c2cc(C(=O)NCc3cccnc3)ccc21. The molecular formula is C23H20N4O6S. The molecule has 3 amide bonds. The highest BCUT2D eigenvalue weighted by molar-refractivity contribution is 7.90. The van der Waals surface area contributed by atoms with Gasteiger partial charge in [0.2, 0.25) is 0 Å². The van der Waals surface area contributed by atoms with Crippen LogP contribution in [0, 0.1) is 0 Å². The number of benzene rings is 2. The van der Waals surface area contributed by atoms with Crippen molar-refractivity contribution in [3.05, 3.63) is 89.2 Å². The van der Waals surface area contributed by atoms with E-state index in [0.29, 0.717) is 9.87 Å². The quantitative estimate of drug-likeness (QED) is 0.553. The summed E-state index contributed by atoms with van der Waals surface area (Å²) in [5, 5.41) is 11.8. The predicted octanol–water partition coefficient (Wildman–Crippen LogP) is 2.47. The third kappa shape index (κ3) is 4.33. The van der Waals surface area contributed by atoms with Gasteiger partial charge in [-0.1, -0.05) is 18.2 Å². The van der Waals surface area contributed by atoms with Crippen molar-refractivity contribution in [3.63, 3.8) is 0 Å². The Balaban J connectivity index is 1.61. The number of urea groups is 1. The number of pyridine rings is 1. The molecule has 11 heteroatoms. The van der Waals surface area contributed by atoms with Gasteiger partial charge >= 0.3 is 12.0 Å². The molecule has 174 valence electrons. The number of aromatic carboxylic acids is 1. The van der Waals surface area contributed by atoms with Crippen LogP contribution in [0.1, 0.15) is 31.8 Å². The van der Waals surface area contributed by atoms with E-state index in [2.05, 4.69) is 10.3 Å². The van der Waals surface area contributed by atoms with Gasteiger partial charge < -0.3 is 10.4 Å². The summed E-state index contributed by atoms with van der Waals surface area (Å²) in [5.41, 5.74) is 1.54. The Kier molecular flexibility index (Phi) is 6.03. The summed E-state index contributed by atoms with van der Waals surface area (Å²) in [5.74, 6) is -1.59. The zero-order valence-electron chi connectivity index (χ0n) is 18.0. The van der Waals surface area contributed by atoms with Gasteiger partial charge in [0.25, 0.3) is 15.9 Å². The number of nitrogens with zero attached hydrogens (tertiary/aromatic N) is 3. The van der Waals surface area contributed by atoms with E-state index in [1.165, 1.54) is 54.4 Å². The first kappa shape index (κ1) is 22.9. The Morgan fingerprint density at radius 3 is 2.38 bits per heavy atom. The van der Waals surface area contributed by atoms with E-state index in [9.17, 15) is 22.8 Å². The first-order valence-corrected chi connectivity index (χ1v) is 11.6. The van der Waals surface area contributed by atoms with Crippen LogP contribution in [0.4, 0.5) is 10.5 Å². The lowest BCUT2D eigenvalue weighted by atomic mass is 10.1. The molecular weight excluding hydrogens is 460 g/mol. The number of aromatic nitrogens is 1. The van der Waals surface area contributed by atoms with Crippen LogP contribution < -0.4 is 10.2 Å². The van der Waals surface area contributed by atoms with Crippen LogP contribution in [0.25, 0.3) is 0 Å². The third-order valence-corrected chi connectivity index (χ3v) is 7.10. The lowest BCUT2D eigenvalue weighted by Crippen LogP contribution is -2.48. The van der Waals surface area contributed by atoms with E-state index in [0.717, 1.165) is 5.56 Å². The van der Waals surface area contributed by atoms with Gasteiger partial charge in [-0.25, -0.2) is 22.3 Å². The van der Waals surface area contributed by atoms with E-state index in [-0.39, 0.29) is 34.8 Å². The largest absolute Gasteiger partial charge is 0.478 e. The van der Waals surface area contributed by atoms with Gasteiger partial charge in [0.15, 0.2) is 0 Å². The van der Waals surface area contributed by atoms with Crippen LogP contribution in [0.2, 0.25) is 0 Å². The normalized spacial score (nSPS) is 14.4.